The van der Waals surface area contributed by atoms with Gasteiger partial charge in [0.05, 0.1) is 5.60 Å². The molecule has 90 valence electrons. The van der Waals surface area contributed by atoms with Crippen LogP contribution in [0.2, 0.25) is 0 Å². The molecule has 0 amide bonds. The Labute approximate surface area is 94.5 Å². The topological polar surface area (TPSA) is 32.3 Å². The third kappa shape index (κ3) is 4.98. The van der Waals surface area contributed by atoms with Gasteiger partial charge in [-0.3, -0.25) is 0 Å². The van der Waals surface area contributed by atoms with Crippen molar-refractivity contribution in [1.29, 1.82) is 0 Å². The maximum Gasteiger partial charge on any atom is 0.0743 e. The molecule has 1 rings (SSSR count). The molecule has 0 aliphatic heterocycles. The summed E-state index contributed by atoms with van der Waals surface area (Å²) in [7, 11) is 0. The lowest BCUT2D eigenvalue weighted by atomic mass is 9.87. The van der Waals surface area contributed by atoms with E-state index in [2.05, 4.69) is 19.2 Å². The lowest BCUT2D eigenvalue weighted by molar-refractivity contribution is 0.0451. The van der Waals surface area contributed by atoms with Crippen LogP contribution in [-0.2, 0) is 0 Å². The van der Waals surface area contributed by atoms with E-state index in [-0.39, 0.29) is 0 Å². The highest BCUT2D eigenvalue weighted by atomic mass is 16.3. The first-order chi connectivity index (χ1) is 7.03. The first kappa shape index (κ1) is 13.0. The molecule has 0 aromatic rings. The van der Waals surface area contributed by atoms with Crippen LogP contribution < -0.4 is 5.32 Å². The Bertz CT molecular complexity index is 171. The van der Waals surface area contributed by atoms with Gasteiger partial charge in [0.15, 0.2) is 0 Å². The minimum atomic E-state index is -0.516. The summed E-state index contributed by atoms with van der Waals surface area (Å²) in [5.41, 5.74) is -0.516. The van der Waals surface area contributed by atoms with Gasteiger partial charge in [0.2, 0.25) is 0 Å². The third-order valence-electron chi connectivity index (χ3n) is 3.58. The third-order valence-corrected chi connectivity index (χ3v) is 3.58. The molecular formula is C13H27NO. The van der Waals surface area contributed by atoms with Crippen molar-refractivity contribution in [2.75, 3.05) is 6.54 Å². The van der Waals surface area contributed by atoms with Gasteiger partial charge in [-0.2, -0.15) is 0 Å². The Morgan fingerprint density at radius 3 is 2.40 bits per heavy atom. The summed E-state index contributed by atoms with van der Waals surface area (Å²) in [5.74, 6) is 0.902. The highest BCUT2D eigenvalue weighted by Gasteiger charge is 2.23. The summed E-state index contributed by atoms with van der Waals surface area (Å²) in [6.07, 6.45) is 7.19. The molecule has 2 N–H and O–H groups in total. The lowest BCUT2D eigenvalue weighted by Crippen LogP contribution is -2.43. The van der Waals surface area contributed by atoms with Crippen LogP contribution >= 0.6 is 0 Å². The van der Waals surface area contributed by atoms with Crippen LogP contribution in [0, 0.1) is 5.92 Å². The molecule has 1 atom stereocenters. The van der Waals surface area contributed by atoms with Crippen LogP contribution in [-0.4, -0.2) is 23.3 Å². The maximum absolute atomic E-state index is 10.0. The van der Waals surface area contributed by atoms with Gasteiger partial charge < -0.3 is 10.4 Å². The first-order valence-corrected chi connectivity index (χ1v) is 6.49. The van der Waals surface area contributed by atoms with Crippen molar-refractivity contribution in [3.8, 4) is 0 Å². The zero-order valence-electron chi connectivity index (χ0n) is 10.6. The van der Waals surface area contributed by atoms with Crippen molar-refractivity contribution in [2.24, 2.45) is 5.92 Å². The van der Waals surface area contributed by atoms with E-state index >= 15 is 0 Å². The van der Waals surface area contributed by atoms with E-state index in [1.807, 2.05) is 6.92 Å². The van der Waals surface area contributed by atoms with Gasteiger partial charge in [-0.25, -0.2) is 0 Å². The number of aliphatic hydroxyl groups is 1. The molecule has 0 bridgehead atoms. The smallest absolute Gasteiger partial charge is 0.0743 e. The predicted molar refractivity (Wildman–Crippen MR) is 65.0 cm³/mol. The van der Waals surface area contributed by atoms with Crippen LogP contribution in [0.3, 0.4) is 0 Å². The Hall–Kier alpha value is -0.0800. The van der Waals surface area contributed by atoms with Gasteiger partial charge in [-0.15, -0.1) is 0 Å². The maximum atomic E-state index is 10.0. The predicted octanol–water partition coefficient (Wildman–Crippen LogP) is 2.71. The van der Waals surface area contributed by atoms with Gasteiger partial charge in [0.1, 0.15) is 0 Å². The minimum absolute atomic E-state index is 0.516. The molecule has 1 aliphatic carbocycles. The van der Waals surface area contributed by atoms with E-state index in [4.69, 9.17) is 0 Å². The van der Waals surface area contributed by atoms with Crippen molar-refractivity contribution >= 4 is 0 Å². The summed E-state index contributed by atoms with van der Waals surface area (Å²) in [6.45, 7) is 7.15. The first-order valence-electron chi connectivity index (χ1n) is 6.49. The molecule has 0 radical (unpaired) electrons. The minimum Gasteiger partial charge on any atom is -0.389 e. The molecule has 0 aromatic heterocycles. The Morgan fingerprint density at radius 2 is 1.87 bits per heavy atom. The van der Waals surface area contributed by atoms with E-state index in [1.54, 1.807) is 0 Å². The zero-order valence-corrected chi connectivity index (χ0v) is 10.6. The summed E-state index contributed by atoms with van der Waals surface area (Å²) in [4.78, 5) is 0. The Kier molecular flexibility index (Phi) is 5.07. The molecule has 0 aromatic carbocycles. The van der Waals surface area contributed by atoms with Crippen LogP contribution in [0.4, 0.5) is 0 Å². The van der Waals surface area contributed by atoms with Gasteiger partial charge in [-0.1, -0.05) is 20.3 Å². The largest absolute Gasteiger partial charge is 0.389 e. The van der Waals surface area contributed by atoms with E-state index in [9.17, 15) is 5.11 Å². The van der Waals surface area contributed by atoms with Crippen LogP contribution in [0.25, 0.3) is 0 Å². The summed E-state index contributed by atoms with van der Waals surface area (Å²) >= 11 is 0. The number of hydrogen-bond donors (Lipinski definition) is 2. The highest BCUT2D eigenvalue weighted by molar-refractivity contribution is 4.80. The second-order valence-electron chi connectivity index (χ2n) is 5.58. The zero-order chi connectivity index (χ0) is 11.3. The lowest BCUT2D eigenvalue weighted by Gasteiger charge is -2.31. The molecule has 0 heterocycles. The fourth-order valence-electron chi connectivity index (χ4n) is 2.46. The Morgan fingerprint density at radius 1 is 1.27 bits per heavy atom. The molecule has 1 unspecified atom stereocenters. The van der Waals surface area contributed by atoms with Crippen LogP contribution in [0.15, 0.2) is 0 Å². The quantitative estimate of drug-likeness (QED) is 0.736. The van der Waals surface area contributed by atoms with E-state index in [0.717, 1.165) is 25.3 Å². The number of hydrogen-bond acceptors (Lipinski definition) is 2. The van der Waals surface area contributed by atoms with Crippen molar-refractivity contribution in [3.05, 3.63) is 0 Å². The van der Waals surface area contributed by atoms with Crippen molar-refractivity contribution < 1.29 is 5.11 Å². The van der Waals surface area contributed by atoms with Crippen LogP contribution in [0.1, 0.15) is 59.3 Å². The Balaban J connectivity index is 2.19. The summed E-state index contributed by atoms with van der Waals surface area (Å²) < 4.78 is 0. The second kappa shape index (κ2) is 5.86. The molecule has 0 spiro atoms. The van der Waals surface area contributed by atoms with E-state index < -0.39 is 5.60 Å². The molecule has 1 fully saturated rings. The van der Waals surface area contributed by atoms with Crippen molar-refractivity contribution in [3.63, 3.8) is 0 Å². The monoisotopic (exact) mass is 213 g/mol. The van der Waals surface area contributed by atoms with Crippen molar-refractivity contribution in [2.45, 2.75) is 70.9 Å². The van der Waals surface area contributed by atoms with Gasteiger partial charge >= 0.3 is 0 Å². The van der Waals surface area contributed by atoms with Crippen molar-refractivity contribution in [1.82, 2.24) is 5.32 Å². The molecule has 1 aliphatic rings. The van der Waals surface area contributed by atoms with Gasteiger partial charge in [-0.05, 0) is 44.9 Å². The normalized spacial score (nSPS) is 31.2. The second-order valence-corrected chi connectivity index (χ2v) is 5.58. The average Bonchev–Trinajstić information content (AvgIpc) is 2.17. The standard InChI is InChI=1S/C13H27NO/c1-4-9-13(3,15)10-14-12-7-5-11(2)6-8-12/h11-12,14-15H,4-10H2,1-3H3. The SMILES string of the molecule is CCCC(C)(O)CNC1CCC(C)CC1. The molecular weight excluding hydrogens is 186 g/mol. The molecule has 15 heavy (non-hydrogen) atoms. The van der Waals surface area contributed by atoms with E-state index in [0.29, 0.717) is 6.04 Å². The van der Waals surface area contributed by atoms with Crippen LogP contribution in [0.5, 0.6) is 0 Å². The fraction of sp³-hybridized carbons (Fsp3) is 1.00. The molecule has 2 nitrogen and oxygen atoms in total. The fourth-order valence-corrected chi connectivity index (χ4v) is 2.46. The van der Waals surface area contributed by atoms with Gasteiger partial charge in [0, 0.05) is 12.6 Å². The van der Waals surface area contributed by atoms with E-state index in [1.165, 1.54) is 25.7 Å². The molecule has 1 saturated carbocycles. The molecule has 2 heteroatoms. The number of rotatable bonds is 5. The summed E-state index contributed by atoms with van der Waals surface area (Å²) in [5, 5.41) is 13.6. The molecule has 0 saturated heterocycles. The average molecular weight is 213 g/mol. The highest BCUT2D eigenvalue weighted by Crippen LogP contribution is 2.23. The number of nitrogens with one attached hydrogen (secondary N) is 1. The van der Waals surface area contributed by atoms with Gasteiger partial charge in [0.25, 0.3) is 0 Å². The summed E-state index contributed by atoms with van der Waals surface area (Å²) in [6, 6.07) is 0.643.